The zero-order valence-electron chi connectivity index (χ0n) is 13.9. The lowest BCUT2D eigenvalue weighted by Gasteiger charge is -2.26. The van der Waals surface area contributed by atoms with Crippen LogP contribution in [-0.2, 0) is 0 Å². The van der Waals surface area contributed by atoms with Gasteiger partial charge in [-0.2, -0.15) is 0 Å². The van der Waals surface area contributed by atoms with E-state index in [1.807, 2.05) is 0 Å². The lowest BCUT2D eigenvalue weighted by Crippen LogP contribution is -2.32. The van der Waals surface area contributed by atoms with Gasteiger partial charge < -0.3 is 10.2 Å². The fourth-order valence-corrected chi connectivity index (χ4v) is 2.45. The van der Waals surface area contributed by atoms with Crippen molar-refractivity contribution in [1.29, 1.82) is 0 Å². The van der Waals surface area contributed by atoms with E-state index in [0.29, 0.717) is 0 Å². The molecule has 1 aromatic heterocycles. The van der Waals surface area contributed by atoms with Crippen LogP contribution in [0.1, 0.15) is 52.3 Å². The van der Waals surface area contributed by atoms with E-state index in [-0.39, 0.29) is 11.9 Å². The Morgan fingerprint density at radius 1 is 1.29 bits per heavy atom. The van der Waals surface area contributed by atoms with Gasteiger partial charge in [-0.3, -0.25) is 4.98 Å². The number of rotatable bonds is 10. The third-order valence-electron chi connectivity index (χ3n) is 4.01. The van der Waals surface area contributed by atoms with Crippen LogP contribution in [0.15, 0.2) is 18.3 Å². The molecule has 0 aliphatic rings. The molecular formula is C17H30FN3. The zero-order valence-corrected chi connectivity index (χ0v) is 13.9. The summed E-state index contributed by atoms with van der Waals surface area (Å²) in [6.07, 6.45) is 3.51. The molecule has 3 nitrogen and oxygen atoms in total. The van der Waals surface area contributed by atoms with Crippen LogP contribution >= 0.6 is 0 Å². The summed E-state index contributed by atoms with van der Waals surface area (Å²) in [5.74, 6) is 0.451. The summed E-state index contributed by atoms with van der Waals surface area (Å²) in [7, 11) is 0. The molecule has 0 saturated heterocycles. The summed E-state index contributed by atoms with van der Waals surface area (Å²) in [6.45, 7) is 13.0. The maximum Gasteiger partial charge on any atom is 0.141 e. The highest BCUT2D eigenvalue weighted by atomic mass is 19.1. The van der Waals surface area contributed by atoms with Gasteiger partial charge in [0.05, 0.1) is 17.9 Å². The fourth-order valence-electron chi connectivity index (χ4n) is 2.45. The van der Waals surface area contributed by atoms with Crippen molar-refractivity contribution >= 4 is 0 Å². The van der Waals surface area contributed by atoms with Gasteiger partial charge in [-0.05, 0) is 44.1 Å². The van der Waals surface area contributed by atoms with Crippen molar-refractivity contribution in [3.63, 3.8) is 0 Å². The normalized spacial score (nSPS) is 14.4. The van der Waals surface area contributed by atoms with Crippen LogP contribution in [0.4, 0.5) is 4.39 Å². The molecule has 1 heterocycles. The predicted octanol–water partition coefficient (Wildman–Crippen LogP) is 3.63. The van der Waals surface area contributed by atoms with Crippen LogP contribution in [-0.4, -0.2) is 36.1 Å². The molecule has 1 N–H and O–H groups in total. The molecule has 0 radical (unpaired) electrons. The average molecular weight is 295 g/mol. The molecule has 0 amide bonds. The topological polar surface area (TPSA) is 28.2 Å². The van der Waals surface area contributed by atoms with Crippen LogP contribution in [0.5, 0.6) is 0 Å². The van der Waals surface area contributed by atoms with Crippen molar-refractivity contribution in [2.45, 2.75) is 46.6 Å². The molecule has 0 aliphatic carbocycles. The predicted molar refractivity (Wildman–Crippen MR) is 86.8 cm³/mol. The van der Waals surface area contributed by atoms with Gasteiger partial charge in [0.15, 0.2) is 0 Å². The van der Waals surface area contributed by atoms with Crippen LogP contribution in [0.2, 0.25) is 0 Å². The maximum atomic E-state index is 13.0. The minimum atomic E-state index is -0.277. The summed E-state index contributed by atoms with van der Waals surface area (Å²) < 4.78 is 13.0. The Balaban J connectivity index is 2.59. The first kappa shape index (κ1) is 18.1. The largest absolute Gasteiger partial charge is 0.309 e. The van der Waals surface area contributed by atoms with Crippen LogP contribution in [0, 0.1) is 11.7 Å². The Morgan fingerprint density at radius 3 is 2.57 bits per heavy atom. The van der Waals surface area contributed by atoms with Crippen molar-refractivity contribution < 1.29 is 4.39 Å². The standard InChI is InChI=1S/C17H30FN3/c1-5-14(4)13-21(7-3)11-10-17(19-6-2)16-9-8-15(18)12-20-16/h8-9,12,14,17,19H,5-7,10-11,13H2,1-4H3. The first-order valence-corrected chi connectivity index (χ1v) is 8.17. The van der Waals surface area contributed by atoms with Gasteiger partial charge in [-0.25, -0.2) is 4.39 Å². The van der Waals surface area contributed by atoms with Gasteiger partial charge >= 0.3 is 0 Å². The number of hydrogen-bond donors (Lipinski definition) is 1. The van der Waals surface area contributed by atoms with Gasteiger partial charge in [0.25, 0.3) is 0 Å². The molecule has 21 heavy (non-hydrogen) atoms. The van der Waals surface area contributed by atoms with E-state index in [9.17, 15) is 4.39 Å². The molecule has 0 spiro atoms. The Bertz CT molecular complexity index is 380. The molecule has 2 atom stereocenters. The molecule has 1 rings (SSSR count). The molecule has 4 heteroatoms. The Kier molecular flexibility index (Phi) is 8.47. The molecular weight excluding hydrogens is 265 g/mol. The van der Waals surface area contributed by atoms with Crippen molar-refractivity contribution in [2.75, 3.05) is 26.2 Å². The second kappa shape index (κ2) is 9.85. The van der Waals surface area contributed by atoms with Crippen LogP contribution in [0.3, 0.4) is 0 Å². The average Bonchev–Trinajstić information content (AvgIpc) is 2.50. The minimum Gasteiger partial charge on any atom is -0.309 e. The molecule has 0 bridgehead atoms. The van der Waals surface area contributed by atoms with E-state index in [4.69, 9.17) is 0 Å². The van der Waals surface area contributed by atoms with Crippen molar-refractivity contribution in [1.82, 2.24) is 15.2 Å². The number of nitrogens with one attached hydrogen (secondary N) is 1. The molecule has 0 aromatic carbocycles. The zero-order chi connectivity index (χ0) is 15.7. The Hall–Kier alpha value is -1.00. The lowest BCUT2D eigenvalue weighted by molar-refractivity contribution is 0.232. The van der Waals surface area contributed by atoms with Gasteiger partial charge in [0.1, 0.15) is 5.82 Å². The van der Waals surface area contributed by atoms with Crippen molar-refractivity contribution in [3.05, 3.63) is 29.8 Å². The smallest absolute Gasteiger partial charge is 0.141 e. The van der Waals surface area contributed by atoms with Gasteiger partial charge in [-0.15, -0.1) is 0 Å². The SMILES string of the molecule is CCNC(CCN(CC)CC(C)CC)c1ccc(F)cn1. The number of hydrogen-bond acceptors (Lipinski definition) is 3. The lowest BCUT2D eigenvalue weighted by atomic mass is 10.1. The van der Waals surface area contributed by atoms with Gasteiger partial charge in [-0.1, -0.05) is 34.1 Å². The Labute approximate surface area is 129 Å². The molecule has 2 unspecified atom stereocenters. The van der Waals surface area contributed by atoms with E-state index in [1.54, 1.807) is 6.07 Å². The first-order valence-electron chi connectivity index (χ1n) is 8.17. The first-order chi connectivity index (χ1) is 10.1. The van der Waals surface area contributed by atoms with Crippen molar-refractivity contribution in [3.8, 4) is 0 Å². The third-order valence-corrected chi connectivity index (χ3v) is 4.01. The number of pyridine rings is 1. The molecule has 120 valence electrons. The van der Waals surface area contributed by atoms with Crippen LogP contribution < -0.4 is 5.32 Å². The van der Waals surface area contributed by atoms with E-state index in [2.05, 4.69) is 42.9 Å². The highest BCUT2D eigenvalue weighted by Crippen LogP contribution is 2.16. The van der Waals surface area contributed by atoms with E-state index >= 15 is 0 Å². The summed E-state index contributed by atoms with van der Waals surface area (Å²) in [4.78, 5) is 6.71. The molecule has 0 aliphatic heterocycles. The minimum absolute atomic E-state index is 0.196. The van der Waals surface area contributed by atoms with Gasteiger partial charge in [0.2, 0.25) is 0 Å². The van der Waals surface area contributed by atoms with E-state index in [1.165, 1.54) is 18.7 Å². The van der Waals surface area contributed by atoms with E-state index < -0.39 is 0 Å². The quantitative estimate of drug-likeness (QED) is 0.714. The molecule has 0 saturated carbocycles. The third kappa shape index (κ3) is 6.53. The maximum absolute atomic E-state index is 13.0. The summed E-state index contributed by atoms with van der Waals surface area (Å²) in [5.41, 5.74) is 0.929. The highest BCUT2D eigenvalue weighted by Gasteiger charge is 2.14. The van der Waals surface area contributed by atoms with Crippen LogP contribution in [0.25, 0.3) is 0 Å². The molecule has 1 aromatic rings. The second-order valence-electron chi connectivity index (χ2n) is 5.71. The molecule has 0 fully saturated rings. The fraction of sp³-hybridized carbons (Fsp3) is 0.706. The summed E-state index contributed by atoms with van der Waals surface area (Å²) in [6, 6.07) is 3.47. The highest BCUT2D eigenvalue weighted by molar-refractivity contribution is 5.10. The Morgan fingerprint density at radius 2 is 2.05 bits per heavy atom. The number of aromatic nitrogens is 1. The van der Waals surface area contributed by atoms with E-state index in [0.717, 1.165) is 44.2 Å². The number of halogens is 1. The monoisotopic (exact) mass is 295 g/mol. The summed E-state index contributed by atoms with van der Waals surface area (Å²) in [5, 5.41) is 3.45. The number of nitrogens with zero attached hydrogens (tertiary/aromatic N) is 2. The van der Waals surface area contributed by atoms with Crippen molar-refractivity contribution in [2.24, 2.45) is 5.92 Å². The van der Waals surface area contributed by atoms with Gasteiger partial charge in [0, 0.05) is 6.54 Å². The second-order valence-corrected chi connectivity index (χ2v) is 5.71. The summed E-state index contributed by atoms with van der Waals surface area (Å²) >= 11 is 0.